The standard InChI is InChI=1S/C18H23ClN2O2/c1-13-10-14(2-4-17(13)19)11-20-8-6-15(7-9-20)21-16(12-22)3-5-18(21)23/h2,4,10,12,15-16H,3,5-9,11H2,1H3/t16-/m1/s1. The molecular weight excluding hydrogens is 312 g/mol. The topological polar surface area (TPSA) is 40.6 Å². The number of likely N-dealkylation sites (tertiary alicyclic amines) is 2. The largest absolute Gasteiger partial charge is 0.330 e. The zero-order chi connectivity index (χ0) is 16.4. The third-order valence-electron chi connectivity index (χ3n) is 5.04. The number of aldehydes is 1. The Hall–Kier alpha value is -1.39. The summed E-state index contributed by atoms with van der Waals surface area (Å²) >= 11 is 6.08. The number of hydrogen-bond donors (Lipinski definition) is 0. The molecule has 0 radical (unpaired) electrons. The third kappa shape index (κ3) is 3.59. The molecule has 1 aromatic rings. The van der Waals surface area contributed by atoms with Gasteiger partial charge in [0.15, 0.2) is 0 Å². The summed E-state index contributed by atoms with van der Waals surface area (Å²) in [7, 11) is 0. The lowest BCUT2D eigenvalue weighted by molar-refractivity contribution is -0.134. The van der Waals surface area contributed by atoms with Crippen LogP contribution in [0.2, 0.25) is 5.02 Å². The van der Waals surface area contributed by atoms with Crippen molar-refractivity contribution in [3.05, 3.63) is 34.3 Å². The highest BCUT2D eigenvalue weighted by atomic mass is 35.5. The van der Waals surface area contributed by atoms with Crippen LogP contribution in [0.1, 0.15) is 36.8 Å². The minimum atomic E-state index is -0.196. The fourth-order valence-electron chi connectivity index (χ4n) is 3.75. The maximum Gasteiger partial charge on any atom is 0.223 e. The number of benzene rings is 1. The number of hydrogen-bond acceptors (Lipinski definition) is 3. The van der Waals surface area contributed by atoms with Crippen molar-refractivity contribution < 1.29 is 9.59 Å². The van der Waals surface area contributed by atoms with E-state index in [4.69, 9.17) is 11.6 Å². The lowest BCUT2D eigenvalue weighted by Crippen LogP contribution is -2.48. The molecule has 0 unspecified atom stereocenters. The molecule has 2 aliphatic heterocycles. The Balaban J connectivity index is 1.57. The maximum absolute atomic E-state index is 12.0. The Kier molecular flexibility index (Phi) is 5.02. The van der Waals surface area contributed by atoms with Gasteiger partial charge in [-0.2, -0.15) is 0 Å². The number of carbonyl (C=O) groups excluding carboxylic acids is 2. The fraction of sp³-hybridized carbons (Fsp3) is 0.556. The van der Waals surface area contributed by atoms with Gasteiger partial charge in [-0.3, -0.25) is 9.69 Å². The third-order valence-corrected chi connectivity index (χ3v) is 5.46. The monoisotopic (exact) mass is 334 g/mol. The van der Waals surface area contributed by atoms with Crippen LogP contribution in [0.5, 0.6) is 0 Å². The molecule has 4 nitrogen and oxygen atoms in total. The summed E-state index contributed by atoms with van der Waals surface area (Å²) in [5, 5.41) is 0.805. The molecule has 0 spiro atoms. The molecule has 2 saturated heterocycles. The number of halogens is 1. The highest BCUT2D eigenvalue weighted by molar-refractivity contribution is 6.31. The maximum atomic E-state index is 12.0. The van der Waals surface area contributed by atoms with Gasteiger partial charge >= 0.3 is 0 Å². The van der Waals surface area contributed by atoms with Crippen LogP contribution in [0.25, 0.3) is 0 Å². The molecule has 2 aliphatic rings. The van der Waals surface area contributed by atoms with Gasteiger partial charge in [0.25, 0.3) is 0 Å². The van der Waals surface area contributed by atoms with Gasteiger partial charge in [-0.25, -0.2) is 0 Å². The van der Waals surface area contributed by atoms with Crippen LogP contribution in [0, 0.1) is 6.92 Å². The van der Waals surface area contributed by atoms with Crippen molar-refractivity contribution in [2.45, 2.75) is 51.2 Å². The molecule has 1 aromatic carbocycles. The smallest absolute Gasteiger partial charge is 0.223 e. The Morgan fingerprint density at radius 1 is 1.26 bits per heavy atom. The van der Waals surface area contributed by atoms with Gasteiger partial charge in [0, 0.05) is 37.1 Å². The van der Waals surface area contributed by atoms with Gasteiger partial charge in [-0.05, 0) is 43.4 Å². The van der Waals surface area contributed by atoms with E-state index >= 15 is 0 Å². The molecule has 0 saturated carbocycles. The quantitative estimate of drug-likeness (QED) is 0.795. The van der Waals surface area contributed by atoms with Crippen LogP contribution in [-0.2, 0) is 16.1 Å². The number of carbonyl (C=O) groups is 2. The predicted octanol–water partition coefficient (Wildman–Crippen LogP) is 2.80. The zero-order valence-corrected chi connectivity index (χ0v) is 14.3. The van der Waals surface area contributed by atoms with E-state index in [0.29, 0.717) is 12.8 Å². The predicted molar refractivity (Wildman–Crippen MR) is 90.4 cm³/mol. The normalized spacial score (nSPS) is 23.5. The molecule has 0 bridgehead atoms. The fourth-order valence-corrected chi connectivity index (χ4v) is 3.87. The SMILES string of the molecule is Cc1cc(CN2CCC(N3C(=O)CC[C@@H]3C=O)CC2)ccc1Cl. The van der Waals surface area contributed by atoms with Crippen molar-refractivity contribution >= 4 is 23.8 Å². The average molecular weight is 335 g/mol. The highest BCUT2D eigenvalue weighted by Gasteiger charge is 2.37. The van der Waals surface area contributed by atoms with Gasteiger partial charge in [0.1, 0.15) is 6.29 Å². The van der Waals surface area contributed by atoms with Crippen molar-refractivity contribution in [3.63, 3.8) is 0 Å². The summed E-state index contributed by atoms with van der Waals surface area (Å²) in [6, 6.07) is 6.20. The van der Waals surface area contributed by atoms with Crippen LogP contribution >= 0.6 is 11.6 Å². The first-order valence-electron chi connectivity index (χ1n) is 8.32. The minimum absolute atomic E-state index is 0.147. The van der Waals surface area contributed by atoms with E-state index in [1.165, 1.54) is 5.56 Å². The Bertz CT molecular complexity index is 597. The summed E-state index contributed by atoms with van der Waals surface area (Å²) in [4.78, 5) is 27.4. The van der Waals surface area contributed by atoms with Crippen LogP contribution in [0.15, 0.2) is 18.2 Å². The first-order valence-corrected chi connectivity index (χ1v) is 8.70. The molecule has 2 fully saturated rings. The first-order chi connectivity index (χ1) is 11.1. The van der Waals surface area contributed by atoms with Crippen LogP contribution in [0.4, 0.5) is 0 Å². The molecular formula is C18H23ClN2O2. The number of piperidine rings is 1. The Morgan fingerprint density at radius 3 is 2.65 bits per heavy atom. The van der Waals surface area contributed by atoms with E-state index in [1.807, 2.05) is 17.9 Å². The molecule has 1 amide bonds. The molecule has 0 aliphatic carbocycles. The van der Waals surface area contributed by atoms with Gasteiger partial charge < -0.3 is 9.69 Å². The first kappa shape index (κ1) is 16.5. The zero-order valence-electron chi connectivity index (χ0n) is 13.5. The molecule has 5 heteroatoms. The molecule has 0 aromatic heterocycles. The molecule has 2 heterocycles. The van der Waals surface area contributed by atoms with E-state index in [2.05, 4.69) is 17.0 Å². The lowest BCUT2D eigenvalue weighted by atomic mass is 10.0. The molecule has 0 N–H and O–H groups in total. The molecule has 1 atom stereocenters. The number of aryl methyl sites for hydroxylation is 1. The summed E-state index contributed by atoms with van der Waals surface area (Å²) in [5.41, 5.74) is 2.38. The number of nitrogens with zero attached hydrogens (tertiary/aromatic N) is 2. The van der Waals surface area contributed by atoms with Gasteiger partial charge in [-0.15, -0.1) is 0 Å². The number of amides is 1. The second kappa shape index (κ2) is 7.02. The van der Waals surface area contributed by atoms with Crippen molar-refractivity contribution in [1.29, 1.82) is 0 Å². The Labute approximate surface area is 142 Å². The molecule has 3 rings (SSSR count). The van der Waals surface area contributed by atoms with Gasteiger partial charge in [-0.1, -0.05) is 23.7 Å². The Morgan fingerprint density at radius 2 is 2.00 bits per heavy atom. The van der Waals surface area contributed by atoms with Crippen LogP contribution in [-0.4, -0.2) is 47.2 Å². The summed E-state index contributed by atoms with van der Waals surface area (Å²) < 4.78 is 0. The second-order valence-electron chi connectivity index (χ2n) is 6.63. The summed E-state index contributed by atoms with van der Waals surface area (Å²) in [5.74, 6) is 0.147. The van der Waals surface area contributed by atoms with Crippen molar-refractivity contribution in [2.75, 3.05) is 13.1 Å². The van der Waals surface area contributed by atoms with Gasteiger partial charge in [0.05, 0.1) is 6.04 Å². The van der Waals surface area contributed by atoms with Crippen molar-refractivity contribution in [1.82, 2.24) is 9.80 Å². The van der Waals surface area contributed by atoms with E-state index in [9.17, 15) is 9.59 Å². The van der Waals surface area contributed by atoms with Gasteiger partial charge in [0.2, 0.25) is 5.91 Å². The summed E-state index contributed by atoms with van der Waals surface area (Å²) in [6.07, 6.45) is 4.04. The summed E-state index contributed by atoms with van der Waals surface area (Å²) in [6.45, 7) is 4.86. The lowest BCUT2D eigenvalue weighted by Gasteiger charge is -2.38. The van der Waals surface area contributed by atoms with Crippen molar-refractivity contribution in [2.24, 2.45) is 0 Å². The minimum Gasteiger partial charge on any atom is -0.330 e. The molecule has 23 heavy (non-hydrogen) atoms. The average Bonchev–Trinajstić information content (AvgIpc) is 2.93. The highest BCUT2D eigenvalue weighted by Crippen LogP contribution is 2.27. The second-order valence-corrected chi connectivity index (χ2v) is 7.04. The van der Waals surface area contributed by atoms with Crippen molar-refractivity contribution in [3.8, 4) is 0 Å². The van der Waals surface area contributed by atoms with E-state index < -0.39 is 0 Å². The van der Waals surface area contributed by atoms with Crippen LogP contribution < -0.4 is 0 Å². The number of rotatable bonds is 4. The van der Waals surface area contributed by atoms with E-state index in [-0.39, 0.29) is 18.0 Å². The van der Waals surface area contributed by atoms with Crippen LogP contribution in [0.3, 0.4) is 0 Å². The molecule has 124 valence electrons. The van der Waals surface area contributed by atoms with E-state index in [0.717, 1.165) is 49.3 Å². The van der Waals surface area contributed by atoms with E-state index in [1.54, 1.807) is 0 Å².